The number of rotatable bonds is 9. The zero-order valence-electron chi connectivity index (χ0n) is 28.4. The number of ether oxygens (including phenoxy) is 3. The fourth-order valence-corrected chi connectivity index (χ4v) is 6.20. The van der Waals surface area contributed by atoms with E-state index in [0.717, 1.165) is 31.5 Å². The molecule has 3 aliphatic rings. The second kappa shape index (κ2) is 17.1. The van der Waals surface area contributed by atoms with Gasteiger partial charge in [0.15, 0.2) is 6.10 Å². The molecule has 1 amide bonds. The van der Waals surface area contributed by atoms with Crippen LogP contribution in [0, 0.1) is 17.8 Å². The molecular formula is C35H58N2O8. The van der Waals surface area contributed by atoms with Gasteiger partial charge in [-0.2, -0.15) is 0 Å². The number of amides is 1. The first-order valence-corrected chi connectivity index (χ1v) is 16.8. The Morgan fingerprint density at radius 1 is 1.22 bits per heavy atom. The molecule has 0 aromatic heterocycles. The normalized spacial score (nSPS) is 35.4. The highest BCUT2D eigenvalue weighted by Gasteiger charge is 2.45. The van der Waals surface area contributed by atoms with Gasteiger partial charge in [-0.3, -0.25) is 4.79 Å². The maximum Gasteiger partial charge on any atom is 0.410 e. The predicted octanol–water partition coefficient (Wildman–Crippen LogP) is 4.23. The largest absolute Gasteiger partial charge is 0.457 e. The van der Waals surface area contributed by atoms with Crippen molar-refractivity contribution < 1.29 is 39.1 Å². The standard InChI is InChI=1S/C35H58N2O8/c1-8-28(39)26(5)33-29(43-33)21-23(2)11-9-12-24(3)32-25(4)13-14-30(35(6,42)16-15-27(38)22-31(40)45-32)44-34(41)37-18-10-17-36(7)19-20-37/h9,11-14,23,25-30,32-33,38-39,42H,8,10,15-22H2,1-7H3/b11-9+,14-13+,24-12+. The Labute approximate surface area is 270 Å². The second-order valence-electron chi connectivity index (χ2n) is 13.8. The van der Waals surface area contributed by atoms with Crippen molar-refractivity contribution in [2.45, 2.75) is 122 Å². The molecule has 0 aromatic carbocycles. The highest BCUT2D eigenvalue weighted by Crippen LogP contribution is 2.36. The van der Waals surface area contributed by atoms with Crippen molar-refractivity contribution in [1.82, 2.24) is 9.80 Å². The molecule has 10 heteroatoms. The summed E-state index contributed by atoms with van der Waals surface area (Å²) in [5.74, 6) is -0.440. The number of allylic oxidation sites excluding steroid dienone is 3. The van der Waals surface area contributed by atoms with Gasteiger partial charge in [-0.1, -0.05) is 52.0 Å². The van der Waals surface area contributed by atoms with Gasteiger partial charge in [0.05, 0.1) is 30.8 Å². The van der Waals surface area contributed by atoms with Crippen LogP contribution < -0.4 is 0 Å². The van der Waals surface area contributed by atoms with Gasteiger partial charge in [0, 0.05) is 31.5 Å². The Balaban J connectivity index is 1.72. The lowest BCUT2D eigenvalue weighted by Gasteiger charge is -2.34. The molecule has 10 atom stereocenters. The van der Waals surface area contributed by atoms with E-state index in [1.54, 1.807) is 17.9 Å². The SMILES string of the molecule is CCC(O)C(C)C1OC1CC(C)/C=C/C=C(\C)C1OC(=O)CC(O)CCC(C)(O)C(OC(=O)N2CCCN(C)CC2)/C=C/C1C. The summed E-state index contributed by atoms with van der Waals surface area (Å²) in [5, 5.41) is 32.1. The van der Waals surface area contributed by atoms with Gasteiger partial charge in [-0.25, -0.2) is 4.79 Å². The number of likely N-dealkylation sites (N-methyl/N-ethyl adjacent to an activating group) is 1. The molecule has 10 nitrogen and oxygen atoms in total. The van der Waals surface area contributed by atoms with E-state index >= 15 is 0 Å². The first-order chi connectivity index (χ1) is 21.2. The average Bonchev–Trinajstić information content (AvgIpc) is 3.78. The number of carbonyl (C=O) groups excluding carboxylic acids is 2. The van der Waals surface area contributed by atoms with Crippen molar-refractivity contribution in [2.75, 3.05) is 33.2 Å². The van der Waals surface area contributed by atoms with Crippen molar-refractivity contribution >= 4 is 12.1 Å². The number of hydrogen-bond acceptors (Lipinski definition) is 9. The lowest BCUT2D eigenvalue weighted by Crippen LogP contribution is -2.45. The molecule has 3 heterocycles. The molecule has 2 fully saturated rings. The molecular weight excluding hydrogens is 576 g/mol. The molecule has 0 bridgehead atoms. The third-order valence-electron chi connectivity index (χ3n) is 9.55. The van der Waals surface area contributed by atoms with E-state index < -0.39 is 36.0 Å². The van der Waals surface area contributed by atoms with Crippen molar-refractivity contribution in [3.05, 3.63) is 36.0 Å². The predicted molar refractivity (Wildman–Crippen MR) is 173 cm³/mol. The third kappa shape index (κ3) is 11.5. The monoisotopic (exact) mass is 634 g/mol. The Bertz CT molecular complexity index is 1060. The number of cyclic esters (lactones) is 1. The second-order valence-corrected chi connectivity index (χ2v) is 13.8. The van der Waals surface area contributed by atoms with E-state index in [1.807, 2.05) is 53.0 Å². The highest BCUT2D eigenvalue weighted by atomic mass is 16.6. The molecule has 3 N–H and O–H groups in total. The molecule has 0 aliphatic carbocycles. The lowest BCUT2D eigenvalue weighted by atomic mass is 9.88. The van der Waals surface area contributed by atoms with Gasteiger partial charge >= 0.3 is 12.1 Å². The van der Waals surface area contributed by atoms with Crippen molar-refractivity contribution in [1.29, 1.82) is 0 Å². The van der Waals surface area contributed by atoms with E-state index in [9.17, 15) is 24.9 Å². The Morgan fingerprint density at radius 3 is 2.67 bits per heavy atom. The average molecular weight is 635 g/mol. The molecule has 0 saturated carbocycles. The number of hydrogen-bond donors (Lipinski definition) is 3. The molecule has 0 radical (unpaired) electrons. The van der Waals surface area contributed by atoms with E-state index in [2.05, 4.69) is 17.9 Å². The zero-order chi connectivity index (χ0) is 33.3. The van der Waals surface area contributed by atoms with Crippen LogP contribution in [0.25, 0.3) is 0 Å². The van der Waals surface area contributed by atoms with Crippen LogP contribution in [0.1, 0.15) is 80.1 Å². The zero-order valence-corrected chi connectivity index (χ0v) is 28.4. The van der Waals surface area contributed by atoms with E-state index in [1.165, 1.54) is 0 Å². The fourth-order valence-electron chi connectivity index (χ4n) is 6.20. The molecule has 10 unspecified atom stereocenters. The van der Waals surface area contributed by atoms with Crippen LogP contribution in [-0.2, 0) is 19.0 Å². The molecule has 45 heavy (non-hydrogen) atoms. The number of nitrogens with zero attached hydrogens (tertiary/aromatic N) is 2. The van der Waals surface area contributed by atoms with Crippen LogP contribution in [0.15, 0.2) is 36.0 Å². The quantitative estimate of drug-likeness (QED) is 0.148. The maximum atomic E-state index is 13.2. The molecule has 256 valence electrons. The van der Waals surface area contributed by atoms with Crippen LogP contribution in [0.5, 0.6) is 0 Å². The summed E-state index contributed by atoms with van der Waals surface area (Å²) in [5.41, 5.74) is -0.626. The van der Waals surface area contributed by atoms with Crippen molar-refractivity contribution in [2.24, 2.45) is 17.8 Å². The van der Waals surface area contributed by atoms with Crippen LogP contribution in [0.2, 0.25) is 0 Å². The smallest absolute Gasteiger partial charge is 0.410 e. The summed E-state index contributed by atoms with van der Waals surface area (Å²) in [7, 11) is 2.03. The van der Waals surface area contributed by atoms with Gasteiger partial charge in [-0.15, -0.1) is 0 Å². The first-order valence-electron chi connectivity index (χ1n) is 16.8. The minimum atomic E-state index is -1.45. The molecule has 0 spiro atoms. The van der Waals surface area contributed by atoms with Gasteiger partial charge < -0.3 is 39.3 Å². The van der Waals surface area contributed by atoms with E-state index in [0.29, 0.717) is 19.5 Å². The van der Waals surface area contributed by atoms with Crippen LogP contribution in [0.3, 0.4) is 0 Å². The number of aliphatic hydroxyl groups is 3. The highest BCUT2D eigenvalue weighted by molar-refractivity contribution is 5.70. The molecule has 3 rings (SSSR count). The molecule has 2 saturated heterocycles. The van der Waals surface area contributed by atoms with Gasteiger partial charge in [0.1, 0.15) is 11.7 Å². The fraction of sp³-hybridized carbons (Fsp3) is 0.771. The van der Waals surface area contributed by atoms with Crippen molar-refractivity contribution in [3.8, 4) is 0 Å². The summed E-state index contributed by atoms with van der Waals surface area (Å²) >= 11 is 0. The Kier molecular flexibility index (Phi) is 14.1. The maximum absolute atomic E-state index is 13.2. The number of aliphatic hydroxyl groups excluding tert-OH is 2. The van der Waals surface area contributed by atoms with Gasteiger partial charge in [-0.05, 0) is 77.1 Å². The van der Waals surface area contributed by atoms with Gasteiger partial charge in [0.2, 0.25) is 0 Å². The minimum Gasteiger partial charge on any atom is -0.457 e. The van der Waals surface area contributed by atoms with Crippen LogP contribution >= 0.6 is 0 Å². The van der Waals surface area contributed by atoms with Crippen LogP contribution in [0.4, 0.5) is 4.79 Å². The summed E-state index contributed by atoms with van der Waals surface area (Å²) in [6.07, 6.45) is 8.88. The Morgan fingerprint density at radius 2 is 1.96 bits per heavy atom. The summed E-state index contributed by atoms with van der Waals surface area (Å²) < 4.78 is 17.6. The topological polar surface area (TPSA) is 132 Å². The Hall–Kier alpha value is -2.24. The van der Waals surface area contributed by atoms with E-state index in [-0.39, 0.29) is 55.3 Å². The van der Waals surface area contributed by atoms with Crippen LogP contribution in [-0.4, -0.2) is 113 Å². The number of epoxide rings is 1. The van der Waals surface area contributed by atoms with Crippen molar-refractivity contribution in [3.63, 3.8) is 0 Å². The number of esters is 1. The first kappa shape index (κ1) is 37.2. The third-order valence-corrected chi connectivity index (χ3v) is 9.55. The number of carbonyl (C=O) groups is 2. The summed E-state index contributed by atoms with van der Waals surface area (Å²) in [6, 6.07) is 0. The summed E-state index contributed by atoms with van der Waals surface area (Å²) in [4.78, 5) is 29.8. The lowest BCUT2D eigenvalue weighted by molar-refractivity contribution is -0.151. The van der Waals surface area contributed by atoms with Gasteiger partial charge in [0.25, 0.3) is 0 Å². The van der Waals surface area contributed by atoms with E-state index in [4.69, 9.17) is 14.2 Å². The summed E-state index contributed by atoms with van der Waals surface area (Å²) in [6.45, 7) is 14.3. The molecule has 3 aliphatic heterocycles. The molecule has 0 aromatic rings. The minimum absolute atomic E-state index is 0.0987.